The zero-order valence-electron chi connectivity index (χ0n) is 23.4. The van der Waals surface area contributed by atoms with E-state index in [-0.39, 0.29) is 48.7 Å². The van der Waals surface area contributed by atoms with Gasteiger partial charge in [-0.1, -0.05) is 45.0 Å². The van der Waals surface area contributed by atoms with Crippen LogP contribution in [0.25, 0.3) is 10.4 Å². The van der Waals surface area contributed by atoms with Crippen molar-refractivity contribution in [2.24, 2.45) is 17.1 Å². The van der Waals surface area contributed by atoms with Crippen LogP contribution in [0.3, 0.4) is 0 Å². The lowest BCUT2D eigenvalue weighted by Gasteiger charge is -2.37. The van der Waals surface area contributed by atoms with Crippen LogP contribution in [0.5, 0.6) is 0 Å². The molecule has 4 rings (SSSR count). The summed E-state index contributed by atoms with van der Waals surface area (Å²) in [6, 6.07) is 6.20. The number of amides is 3. The van der Waals surface area contributed by atoms with Gasteiger partial charge in [0.15, 0.2) is 0 Å². The normalized spacial score (nSPS) is 24.5. The van der Waals surface area contributed by atoms with E-state index in [1.54, 1.807) is 11.3 Å². The number of carbonyl (C=O) groups excluding carboxylic acids is 3. The van der Waals surface area contributed by atoms with Gasteiger partial charge >= 0.3 is 0 Å². The number of thiazole rings is 1. The van der Waals surface area contributed by atoms with Gasteiger partial charge in [-0.15, -0.1) is 11.3 Å². The van der Waals surface area contributed by atoms with Crippen LogP contribution in [-0.2, 0) is 14.4 Å². The minimum Gasteiger partial charge on any atom is -0.391 e. The highest BCUT2D eigenvalue weighted by molar-refractivity contribution is 7.13. The summed E-state index contributed by atoms with van der Waals surface area (Å²) in [5.41, 5.74) is 10.1. The molecule has 2 aliphatic rings. The Hall–Kier alpha value is -2.82. The van der Waals surface area contributed by atoms with Gasteiger partial charge < -0.3 is 26.4 Å². The molecule has 1 unspecified atom stereocenters. The number of aromatic nitrogens is 1. The molecule has 1 aromatic heterocycles. The Morgan fingerprint density at radius 1 is 1.15 bits per heavy atom. The number of nitrogens with one attached hydrogen (secondary N) is 2. The molecule has 1 aromatic carbocycles. The van der Waals surface area contributed by atoms with E-state index in [0.717, 1.165) is 34.5 Å². The lowest BCUT2D eigenvalue weighted by molar-refractivity contribution is -0.144. The highest BCUT2D eigenvalue weighted by atomic mass is 32.1. The molecule has 0 radical (unpaired) electrons. The molecule has 2 fully saturated rings. The first-order valence-electron chi connectivity index (χ1n) is 13.7. The highest BCUT2D eigenvalue weighted by Gasteiger charge is 2.45. The smallest absolute Gasteiger partial charge is 0.246 e. The van der Waals surface area contributed by atoms with Gasteiger partial charge in [-0.25, -0.2) is 4.98 Å². The largest absolute Gasteiger partial charge is 0.391 e. The van der Waals surface area contributed by atoms with Crippen molar-refractivity contribution in [1.29, 1.82) is 0 Å². The molecule has 0 spiro atoms. The maximum atomic E-state index is 13.7. The van der Waals surface area contributed by atoms with E-state index < -0.39 is 23.6 Å². The Bertz CT molecular complexity index is 1190. The number of aliphatic hydroxyl groups is 1. The summed E-state index contributed by atoms with van der Waals surface area (Å²) in [5.74, 6) is -0.622. The third-order valence-electron chi connectivity index (χ3n) is 7.81. The van der Waals surface area contributed by atoms with Crippen molar-refractivity contribution in [3.63, 3.8) is 0 Å². The zero-order chi connectivity index (χ0) is 28.5. The first-order valence-corrected chi connectivity index (χ1v) is 14.6. The molecular weight excluding hydrogens is 514 g/mol. The first kappa shape index (κ1) is 29.2. The van der Waals surface area contributed by atoms with Crippen molar-refractivity contribution >= 4 is 29.1 Å². The minimum atomic E-state index is -0.820. The maximum absolute atomic E-state index is 13.7. The summed E-state index contributed by atoms with van der Waals surface area (Å²) in [4.78, 5) is 46.7. The molecule has 1 saturated heterocycles. The number of nitrogens with two attached hydrogens (primary N) is 1. The Morgan fingerprint density at radius 2 is 1.82 bits per heavy atom. The number of β-amino-alcohol motifs (C(OH)–C–C–N with tert-alkyl or cyclic N) is 1. The summed E-state index contributed by atoms with van der Waals surface area (Å²) in [5, 5.41) is 16.4. The van der Waals surface area contributed by atoms with Gasteiger partial charge in [0.2, 0.25) is 17.7 Å². The molecule has 3 amide bonds. The SMILES string of the molecule is Cc1ncsc1-c1ccc([C@H](C)NC(=O)[C@@H]2C[C@@H](O)CN2C(=O)C(NC(=O)CC2CC(N)C2)C(C)(C)C)cc1. The standard InChI is InChI=1S/C29H41N5O4S/c1-16(19-6-8-20(9-7-19)25-17(2)31-15-39-25)32-27(37)23-13-22(35)14-34(23)28(38)26(29(3,4)5)33-24(36)12-18-10-21(30)11-18/h6-9,15-16,18,21-23,26,35H,10-14,30H2,1-5H3,(H,32,37)(H,33,36)/t16-,18?,21?,22+,23-,26?/m0/s1. The number of likely N-dealkylation sites (tertiary alicyclic amines) is 1. The average Bonchev–Trinajstić information content (AvgIpc) is 3.46. The molecule has 1 saturated carbocycles. The van der Waals surface area contributed by atoms with Crippen LogP contribution in [0.1, 0.15) is 70.7 Å². The number of nitrogens with zero attached hydrogens (tertiary/aromatic N) is 2. The minimum absolute atomic E-state index is 0.0497. The molecule has 10 heteroatoms. The van der Waals surface area contributed by atoms with Gasteiger partial charge in [-0.3, -0.25) is 14.4 Å². The van der Waals surface area contributed by atoms with Gasteiger partial charge in [-0.05, 0) is 49.1 Å². The summed E-state index contributed by atoms with van der Waals surface area (Å²) in [7, 11) is 0. The van der Waals surface area contributed by atoms with Gasteiger partial charge in [0.25, 0.3) is 0 Å². The van der Waals surface area contributed by atoms with Crippen LogP contribution < -0.4 is 16.4 Å². The van der Waals surface area contributed by atoms with E-state index in [0.29, 0.717) is 6.42 Å². The maximum Gasteiger partial charge on any atom is 0.246 e. The average molecular weight is 556 g/mol. The molecule has 1 aliphatic heterocycles. The molecule has 5 N–H and O–H groups in total. The highest BCUT2D eigenvalue weighted by Crippen LogP contribution is 2.31. The second-order valence-electron chi connectivity index (χ2n) is 12.2. The Labute approximate surface area is 234 Å². The predicted octanol–water partition coefficient (Wildman–Crippen LogP) is 2.92. The third kappa shape index (κ3) is 6.85. The number of benzene rings is 1. The monoisotopic (exact) mass is 555 g/mol. The fraction of sp³-hybridized carbons (Fsp3) is 0.586. The number of aliphatic hydroxyl groups excluding tert-OH is 1. The topological polar surface area (TPSA) is 138 Å². The summed E-state index contributed by atoms with van der Waals surface area (Å²) < 4.78 is 0. The molecule has 212 valence electrons. The molecule has 1 aliphatic carbocycles. The Morgan fingerprint density at radius 3 is 2.38 bits per heavy atom. The van der Waals surface area contributed by atoms with Crippen LogP contribution in [0.2, 0.25) is 0 Å². The fourth-order valence-corrected chi connectivity index (χ4v) is 6.26. The van der Waals surface area contributed by atoms with Crippen LogP contribution in [0, 0.1) is 18.3 Å². The zero-order valence-corrected chi connectivity index (χ0v) is 24.3. The first-order chi connectivity index (χ1) is 18.3. The van der Waals surface area contributed by atoms with Gasteiger partial charge in [0.1, 0.15) is 12.1 Å². The molecule has 0 bridgehead atoms. The predicted molar refractivity (Wildman–Crippen MR) is 152 cm³/mol. The van der Waals surface area contributed by atoms with Crippen molar-refractivity contribution in [3.8, 4) is 10.4 Å². The number of carbonyl (C=O) groups is 3. The lowest BCUT2D eigenvalue weighted by atomic mass is 9.78. The number of hydrogen-bond acceptors (Lipinski definition) is 7. The van der Waals surface area contributed by atoms with Gasteiger partial charge in [0, 0.05) is 25.4 Å². The number of hydrogen-bond donors (Lipinski definition) is 4. The van der Waals surface area contributed by atoms with E-state index >= 15 is 0 Å². The second kappa shape index (κ2) is 11.7. The van der Waals surface area contributed by atoms with Crippen molar-refractivity contribution in [1.82, 2.24) is 20.5 Å². The van der Waals surface area contributed by atoms with Crippen LogP contribution >= 0.6 is 11.3 Å². The number of rotatable bonds is 8. The fourth-order valence-electron chi connectivity index (χ4n) is 5.45. The molecule has 4 atom stereocenters. The van der Waals surface area contributed by atoms with Crippen molar-refractivity contribution in [2.45, 2.75) is 90.6 Å². The Balaban J connectivity index is 1.42. The van der Waals surface area contributed by atoms with Gasteiger partial charge in [0.05, 0.1) is 28.2 Å². The van der Waals surface area contributed by atoms with Crippen molar-refractivity contribution < 1.29 is 19.5 Å². The Kier molecular flexibility index (Phi) is 8.78. The van der Waals surface area contributed by atoms with E-state index in [1.165, 1.54) is 4.90 Å². The third-order valence-corrected chi connectivity index (χ3v) is 8.78. The number of aryl methyl sites for hydroxylation is 1. The molecule has 9 nitrogen and oxygen atoms in total. The molecular formula is C29H41N5O4S. The van der Waals surface area contributed by atoms with Crippen LogP contribution in [-0.4, -0.2) is 63.5 Å². The molecule has 2 heterocycles. The van der Waals surface area contributed by atoms with Crippen molar-refractivity contribution in [3.05, 3.63) is 41.0 Å². The quantitative estimate of drug-likeness (QED) is 0.395. The van der Waals surface area contributed by atoms with E-state index in [4.69, 9.17) is 5.73 Å². The van der Waals surface area contributed by atoms with Crippen LogP contribution in [0.15, 0.2) is 29.8 Å². The van der Waals surface area contributed by atoms with E-state index in [9.17, 15) is 19.5 Å². The van der Waals surface area contributed by atoms with Gasteiger partial charge in [-0.2, -0.15) is 0 Å². The van der Waals surface area contributed by atoms with Crippen molar-refractivity contribution in [2.75, 3.05) is 6.54 Å². The van der Waals surface area contributed by atoms with E-state index in [1.807, 2.05) is 64.4 Å². The molecule has 39 heavy (non-hydrogen) atoms. The van der Waals surface area contributed by atoms with E-state index in [2.05, 4.69) is 15.6 Å². The lowest BCUT2D eigenvalue weighted by Crippen LogP contribution is -2.58. The summed E-state index contributed by atoms with van der Waals surface area (Å²) in [6.45, 7) is 9.58. The summed E-state index contributed by atoms with van der Waals surface area (Å²) >= 11 is 1.59. The second-order valence-corrected chi connectivity index (χ2v) is 13.0. The van der Waals surface area contributed by atoms with Crippen LogP contribution in [0.4, 0.5) is 0 Å². The molecule has 2 aromatic rings. The summed E-state index contributed by atoms with van der Waals surface area (Å²) in [6.07, 6.45) is 1.30.